The van der Waals surface area contributed by atoms with Gasteiger partial charge < -0.3 is 8.83 Å². The van der Waals surface area contributed by atoms with Crippen LogP contribution in [0.25, 0.3) is 22.2 Å². The lowest BCUT2D eigenvalue weighted by atomic mass is 9.86. The lowest BCUT2D eigenvalue weighted by Crippen LogP contribution is -2.14. The van der Waals surface area contributed by atoms with Gasteiger partial charge in [-0.2, -0.15) is 0 Å². The minimum Gasteiger partial charge on any atom is -0.469 e. The summed E-state index contributed by atoms with van der Waals surface area (Å²) in [6.07, 6.45) is 6.17. The number of aliphatic imine (C=N–C) groups is 1. The van der Waals surface area contributed by atoms with Crippen molar-refractivity contribution in [2.75, 3.05) is 6.54 Å². The van der Waals surface area contributed by atoms with E-state index >= 15 is 0 Å². The number of pyridine rings is 1. The molecular weight excluding hydrogens is 480 g/mol. The molecule has 202 valence electrons. The smallest absolute Gasteiger partial charge is 0.137 e. The van der Waals surface area contributed by atoms with E-state index in [1.807, 2.05) is 18.2 Å². The molecule has 0 aliphatic carbocycles. The van der Waals surface area contributed by atoms with E-state index in [0.717, 1.165) is 52.2 Å². The van der Waals surface area contributed by atoms with Crippen LogP contribution in [-0.2, 0) is 17.3 Å². The van der Waals surface area contributed by atoms with Gasteiger partial charge in [-0.25, -0.2) is 0 Å². The molecule has 0 saturated carbocycles. The van der Waals surface area contributed by atoms with E-state index in [1.165, 1.54) is 16.7 Å². The van der Waals surface area contributed by atoms with Crippen molar-refractivity contribution in [3.05, 3.63) is 113 Å². The van der Waals surface area contributed by atoms with Gasteiger partial charge in [-0.15, -0.1) is 0 Å². The fourth-order valence-corrected chi connectivity index (χ4v) is 4.73. The number of furan rings is 2. The highest BCUT2D eigenvalue weighted by Crippen LogP contribution is 2.30. The molecule has 1 aliphatic heterocycles. The standard InChI is InChI=1S/C17H19NO.C17H17NO.CH4/c2*1-17(2,3)13-6-4-12(5-7-13)16-14-9-11-19-15(14)8-10-18-16;/h4-7,9,11H,8,10H2,1-3H3;4-11H,1-3H3;1H4. The first-order valence-electron chi connectivity index (χ1n) is 13.3. The molecule has 0 bridgehead atoms. The fraction of sp³-hybridized carbons (Fsp3) is 0.314. The highest BCUT2D eigenvalue weighted by atomic mass is 16.3. The number of benzene rings is 2. The van der Waals surface area contributed by atoms with E-state index in [0.29, 0.717) is 0 Å². The Balaban J connectivity index is 0.000000176. The molecule has 4 heteroatoms. The molecule has 4 heterocycles. The van der Waals surface area contributed by atoms with Gasteiger partial charge in [0.05, 0.1) is 23.9 Å². The normalized spacial score (nSPS) is 13.1. The van der Waals surface area contributed by atoms with Gasteiger partial charge in [0.2, 0.25) is 0 Å². The Kier molecular flexibility index (Phi) is 7.96. The summed E-state index contributed by atoms with van der Waals surface area (Å²) in [7, 11) is 0. The summed E-state index contributed by atoms with van der Waals surface area (Å²) < 4.78 is 10.9. The Bertz CT molecular complexity index is 1550. The summed E-state index contributed by atoms with van der Waals surface area (Å²) in [6.45, 7) is 14.2. The van der Waals surface area contributed by atoms with E-state index in [9.17, 15) is 0 Å². The monoisotopic (exact) mass is 520 g/mol. The second-order valence-corrected chi connectivity index (χ2v) is 11.9. The van der Waals surface area contributed by atoms with E-state index < -0.39 is 0 Å². The highest BCUT2D eigenvalue weighted by molar-refractivity contribution is 6.14. The molecule has 0 unspecified atom stereocenters. The van der Waals surface area contributed by atoms with Gasteiger partial charge in [0.25, 0.3) is 0 Å². The Hall–Kier alpha value is -3.92. The van der Waals surface area contributed by atoms with Crippen molar-refractivity contribution in [2.45, 2.75) is 66.2 Å². The summed E-state index contributed by atoms with van der Waals surface area (Å²) in [5.74, 6) is 1.06. The van der Waals surface area contributed by atoms with Crippen LogP contribution in [0.2, 0.25) is 0 Å². The van der Waals surface area contributed by atoms with Gasteiger partial charge in [0.1, 0.15) is 11.3 Å². The van der Waals surface area contributed by atoms with Crippen LogP contribution in [0.1, 0.15) is 77.0 Å². The minimum absolute atomic E-state index is 0. The average molecular weight is 521 g/mol. The second kappa shape index (κ2) is 11.1. The van der Waals surface area contributed by atoms with Crippen LogP contribution in [-0.4, -0.2) is 17.2 Å². The summed E-state index contributed by atoms with van der Waals surface area (Å²) in [6, 6.07) is 23.2. The Labute approximate surface area is 232 Å². The van der Waals surface area contributed by atoms with E-state index in [2.05, 4.69) is 100 Å². The summed E-state index contributed by atoms with van der Waals surface area (Å²) in [5, 5.41) is 1.06. The van der Waals surface area contributed by atoms with Crippen LogP contribution in [0, 0.1) is 0 Å². The van der Waals surface area contributed by atoms with Crippen LogP contribution in [0.4, 0.5) is 0 Å². The summed E-state index contributed by atoms with van der Waals surface area (Å²) in [5.41, 5.74) is 9.41. The van der Waals surface area contributed by atoms with Crippen molar-refractivity contribution in [3.8, 4) is 11.3 Å². The van der Waals surface area contributed by atoms with Gasteiger partial charge in [0.15, 0.2) is 0 Å². The van der Waals surface area contributed by atoms with Crippen LogP contribution in [0.15, 0.2) is 99.3 Å². The molecule has 4 nitrogen and oxygen atoms in total. The molecule has 2 aromatic carbocycles. The zero-order valence-electron chi connectivity index (χ0n) is 23.2. The second-order valence-electron chi connectivity index (χ2n) is 11.9. The molecule has 0 amide bonds. The molecule has 3 aromatic heterocycles. The predicted octanol–water partition coefficient (Wildman–Crippen LogP) is 9.40. The number of hydrogen-bond acceptors (Lipinski definition) is 4. The van der Waals surface area contributed by atoms with Crippen molar-refractivity contribution in [3.63, 3.8) is 0 Å². The molecule has 0 fully saturated rings. The number of fused-ring (bicyclic) bond motifs is 2. The fourth-order valence-electron chi connectivity index (χ4n) is 4.73. The first-order valence-corrected chi connectivity index (χ1v) is 13.3. The lowest BCUT2D eigenvalue weighted by Gasteiger charge is -2.19. The van der Waals surface area contributed by atoms with Crippen molar-refractivity contribution < 1.29 is 8.83 Å². The Morgan fingerprint density at radius 2 is 1.26 bits per heavy atom. The molecule has 0 spiro atoms. The maximum Gasteiger partial charge on any atom is 0.137 e. The van der Waals surface area contributed by atoms with Crippen molar-refractivity contribution >= 4 is 16.7 Å². The Morgan fingerprint density at radius 1 is 0.667 bits per heavy atom. The molecule has 39 heavy (non-hydrogen) atoms. The SMILES string of the molecule is C.CC(C)(C)c1ccc(-c2nccc3occc23)cc1.CC(C)(C)c1ccc(C2=NCCc3occc32)cc1. The third-order valence-corrected chi connectivity index (χ3v) is 7.04. The third-order valence-electron chi connectivity index (χ3n) is 7.04. The van der Waals surface area contributed by atoms with Gasteiger partial charge in [0, 0.05) is 41.2 Å². The summed E-state index contributed by atoms with van der Waals surface area (Å²) >= 11 is 0. The minimum atomic E-state index is 0. The first kappa shape index (κ1) is 28.1. The third kappa shape index (κ3) is 6.06. The summed E-state index contributed by atoms with van der Waals surface area (Å²) in [4.78, 5) is 9.14. The molecule has 0 saturated heterocycles. The number of aromatic nitrogens is 1. The lowest BCUT2D eigenvalue weighted by molar-refractivity contribution is 0.508. The topological polar surface area (TPSA) is 51.5 Å². The van der Waals surface area contributed by atoms with Crippen LogP contribution in [0.3, 0.4) is 0 Å². The van der Waals surface area contributed by atoms with Crippen molar-refractivity contribution in [2.24, 2.45) is 4.99 Å². The quantitative estimate of drug-likeness (QED) is 0.233. The molecule has 6 rings (SSSR count). The van der Waals surface area contributed by atoms with E-state index in [4.69, 9.17) is 8.83 Å². The number of rotatable bonds is 2. The predicted molar refractivity (Wildman–Crippen MR) is 163 cm³/mol. The zero-order chi connectivity index (χ0) is 26.9. The van der Waals surface area contributed by atoms with Gasteiger partial charge in [-0.1, -0.05) is 97.5 Å². The average Bonchev–Trinajstić information content (AvgIpc) is 3.58. The molecular formula is C35H40N2O2. The number of hydrogen-bond donors (Lipinski definition) is 0. The molecule has 0 radical (unpaired) electrons. The maximum absolute atomic E-state index is 5.50. The molecule has 1 aliphatic rings. The van der Waals surface area contributed by atoms with Crippen molar-refractivity contribution in [1.29, 1.82) is 0 Å². The van der Waals surface area contributed by atoms with Gasteiger partial charge >= 0.3 is 0 Å². The molecule has 5 aromatic rings. The Morgan fingerprint density at radius 3 is 1.87 bits per heavy atom. The zero-order valence-corrected chi connectivity index (χ0v) is 23.2. The van der Waals surface area contributed by atoms with E-state index in [-0.39, 0.29) is 18.3 Å². The molecule has 0 N–H and O–H groups in total. The van der Waals surface area contributed by atoms with Gasteiger partial charge in [-0.3, -0.25) is 9.98 Å². The van der Waals surface area contributed by atoms with Crippen molar-refractivity contribution in [1.82, 2.24) is 4.98 Å². The van der Waals surface area contributed by atoms with Crippen LogP contribution < -0.4 is 0 Å². The highest BCUT2D eigenvalue weighted by Gasteiger charge is 2.19. The van der Waals surface area contributed by atoms with E-state index in [1.54, 1.807) is 18.7 Å². The van der Waals surface area contributed by atoms with Crippen LogP contribution >= 0.6 is 0 Å². The largest absolute Gasteiger partial charge is 0.469 e. The van der Waals surface area contributed by atoms with Crippen LogP contribution in [0.5, 0.6) is 0 Å². The maximum atomic E-state index is 5.50. The number of nitrogens with zero attached hydrogens (tertiary/aromatic N) is 2. The van der Waals surface area contributed by atoms with Gasteiger partial charge in [-0.05, 0) is 40.2 Å². The first-order chi connectivity index (χ1) is 18.1. The molecule has 0 atom stereocenters.